The van der Waals surface area contributed by atoms with Gasteiger partial charge in [-0.05, 0) is 31.0 Å². The molecule has 3 heteroatoms. The lowest BCUT2D eigenvalue weighted by Gasteiger charge is -2.34. The average molecular weight is 233 g/mol. The molecule has 1 aromatic rings. The molecule has 1 aliphatic rings. The van der Waals surface area contributed by atoms with Gasteiger partial charge in [0.1, 0.15) is 6.04 Å². The summed E-state index contributed by atoms with van der Waals surface area (Å²) in [5.74, 6) is -0.124. The van der Waals surface area contributed by atoms with Crippen LogP contribution in [0.3, 0.4) is 0 Å². The van der Waals surface area contributed by atoms with Crippen molar-refractivity contribution in [2.24, 2.45) is 0 Å². The van der Waals surface area contributed by atoms with Crippen molar-refractivity contribution < 1.29 is 9.53 Å². The zero-order valence-corrected chi connectivity index (χ0v) is 10.5. The second kappa shape index (κ2) is 5.32. The lowest BCUT2D eigenvalue weighted by molar-refractivity contribution is -0.150. The number of nitrogens with zero attached hydrogens (tertiary/aromatic N) is 1. The summed E-state index contributed by atoms with van der Waals surface area (Å²) < 4.78 is 5.19. The minimum Gasteiger partial charge on any atom is -0.465 e. The van der Waals surface area contributed by atoms with Gasteiger partial charge in [0.2, 0.25) is 0 Å². The first-order valence-corrected chi connectivity index (χ1v) is 6.26. The van der Waals surface area contributed by atoms with Gasteiger partial charge in [0.05, 0.1) is 6.61 Å². The number of benzene rings is 1. The Bertz CT molecular complexity index is 403. The first-order valence-electron chi connectivity index (χ1n) is 6.26. The van der Waals surface area contributed by atoms with E-state index in [1.54, 1.807) is 0 Å². The van der Waals surface area contributed by atoms with Gasteiger partial charge in [0.15, 0.2) is 0 Å². The first-order chi connectivity index (χ1) is 8.27. The van der Waals surface area contributed by atoms with E-state index >= 15 is 0 Å². The van der Waals surface area contributed by atoms with Gasteiger partial charge in [-0.3, -0.25) is 4.90 Å². The predicted molar refractivity (Wildman–Crippen MR) is 66.8 cm³/mol. The number of hydrogen-bond acceptors (Lipinski definition) is 3. The Morgan fingerprint density at radius 2 is 2.18 bits per heavy atom. The number of fused-ring (bicyclic) bond motifs is 1. The smallest absolute Gasteiger partial charge is 0.328 e. The zero-order valence-electron chi connectivity index (χ0n) is 10.5. The summed E-state index contributed by atoms with van der Waals surface area (Å²) in [6, 6.07) is 7.95. The highest BCUT2D eigenvalue weighted by Crippen LogP contribution is 2.30. The molecular formula is C14H19NO2. The molecule has 0 fully saturated rings. The minimum atomic E-state index is -0.218. The van der Waals surface area contributed by atoms with Crippen LogP contribution >= 0.6 is 0 Å². The molecule has 3 nitrogen and oxygen atoms in total. The van der Waals surface area contributed by atoms with Crippen LogP contribution < -0.4 is 0 Å². The Hall–Kier alpha value is -1.35. The van der Waals surface area contributed by atoms with E-state index in [0.717, 1.165) is 25.1 Å². The van der Waals surface area contributed by atoms with Gasteiger partial charge in [-0.25, -0.2) is 4.79 Å². The molecule has 1 aliphatic heterocycles. The molecule has 1 unspecified atom stereocenters. The highest BCUT2D eigenvalue weighted by molar-refractivity contribution is 5.78. The monoisotopic (exact) mass is 233 g/mol. The summed E-state index contributed by atoms with van der Waals surface area (Å²) in [4.78, 5) is 14.2. The molecule has 1 atom stereocenters. The lowest BCUT2D eigenvalue weighted by atomic mass is 9.92. The van der Waals surface area contributed by atoms with Gasteiger partial charge >= 0.3 is 5.97 Å². The third kappa shape index (κ3) is 2.34. The van der Waals surface area contributed by atoms with E-state index in [9.17, 15) is 4.79 Å². The molecule has 0 amide bonds. The van der Waals surface area contributed by atoms with Gasteiger partial charge in [-0.2, -0.15) is 0 Å². The van der Waals surface area contributed by atoms with E-state index in [1.807, 2.05) is 25.1 Å². The molecule has 2 rings (SSSR count). The number of ether oxygens (including phenoxy) is 1. The SMILES string of the molecule is CCOC(=O)C1c2ccccc2CCN1CC. The van der Waals surface area contributed by atoms with E-state index in [2.05, 4.69) is 17.9 Å². The summed E-state index contributed by atoms with van der Waals surface area (Å²) >= 11 is 0. The molecule has 92 valence electrons. The number of hydrogen-bond donors (Lipinski definition) is 0. The van der Waals surface area contributed by atoms with Crippen LogP contribution in [0.1, 0.15) is 31.0 Å². The van der Waals surface area contributed by atoms with Gasteiger partial charge in [-0.1, -0.05) is 31.2 Å². The van der Waals surface area contributed by atoms with E-state index < -0.39 is 0 Å². The molecule has 0 bridgehead atoms. The lowest BCUT2D eigenvalue weighted by Crippen LogP contribution is -2.40. The van der Waals surface area contributed by atoms with Crippen LogP contribution in [0, 0.1) is 0 Å². The van der Waals surface area contributed by atoms with Crippen molar-refractivity contribution in [3.05, 3.63) is 35.4 Å². The van der Waals surface area contributed by atoms with Crippen LogP contribution in [0.15, 0.2) is 24.3 Å². The molecule has 0 N–H and O–H groups in total. The predicted octanol–water partition coefficient (Wildman–Crippen LogP) is 2.17. The number of carbonyl (C=O) groups excluding carboxylic acids is 1. The van der Waals surface area contributed by atoms with Gasteiger partial charge < -0.3 is 4.74 Å². The third-order valence-electron chi connectivity index (χ3n) is 3.30. The Kier molecular flexibility index (Phi) is 3.79. The second-order valence-corrected chi connectivity index (χ2v) is 4.23. The molecule has 0 saturated heterocycles. The molecular weight excluding hydrogens is 214 g/mol. The fraction of sp³-hybridized carbons (Fsp3) is 0.500. The molecule has 1 heterocycles. The van der Waals surface area contributed by atoms with E-state index in [1.165, 1.54) is 5.56 Å². The van der Waals surface area contributed by atoms with Crippen molar-refractivity contribution in [2.45, 2.75) is 26.3 Å². The van der Waals surface area contributed by atoms with Gasteiger partial charge in [-0.15, -0.1) is 0 Å². The number of rotatable bonds is 3. The van der Waals surface area contributed by atoms with Crippen LogP contribution in [0.25, 0.3) is 0 Å². The fourth-order valence-electron chi connectivity index (χ4n) is 2.46. The Morgan fingerprint density at radius 1 is 1.41 bits per heavy atom. The molecule has 0 saturated carbocycles. The van der Waals surface area contributed by atoms with Crippen molar-refractivity contribution in [3.8, 4) is 0 Å². The molecule has 0 radical (unpaired) electrons. The number of likely N-dealkylation sites (N-methyl/N-ethyl adjacent to an activating group) is 1. The normalized spacial score (nSPS) is 19.8. The van der Waals surface area contributed by atoms with E-state index in [0.29, 0.717) is 6.61 Å². The maximum absolute atomic E-state index is 12.1. The highest BCUT2D eigenvalue weighted by Gasteiger charge is 2.32. The summed E-state index contributed by atoms with van der Waals surface area (Å²) in [7, 11) is 0. The molecule has 0 aromatic heterocycles. The second-order valence-electron chi connectivity index (χ2n) is 4.23. The topological polar surface area (TPSA) is 29.5 Å². The van der Waals surface area contributed by atoms with Crippen LogP contribution in [-0.4, -0.2) is 30.6 Å². The van der Waals surface area contributed by atoms with E-state index in [-0.39, 0.29) is 12.0 Å². The van der Waals surface area contributed by atoms with Crippen molar-refractivity contribution in [2.75, 3.05) is 19.7 Å². The highest BCUT2D eigenvalue weighted by atomic mass is 16.5. The first kappa shape index (κ1) is 12.1. The molecule has 0 aliphatic carbocycles. The largest absolute Gasteiger partial charge is 0.465 e. The molecule has 1 aromatic carbocycles. The summed E-state index contributed by atoms with van der Waals surface area (Å²) in [5, 5.41) is 0. The van der Waals surface area contributed by atoms with Crippen molar-refractivity contribution >= 4 is 5.97 Å². The molecule has 17 heavy (non-hydrogen) atoms. The minimum absolute atomic E-state index is 0.124. The van der Waals surface area contributed by atoms with Gasteiger partial charge in [0, 0.05) is 6.54 Å². The Labute approximate surface area is 102 Å². The van der Waals surface area contributed by atoms with Crippen molar-refractivity contribution in [3.63, 3.8) is 0 Å². The maximum Gasteiger partial charge on any atom is 0.328 e. The summed E-state index contributed by atoms with van der Waals surface area (Å²) in [6.45, 7) is 6.17. The Balaban J connectivity index is 2.34. The van der Waals surface area contributed by atoms with Crippen LogP contribution in [0.5, 0.6) is 0 Å². The van der Waals surface area contributed by atoms with Crippen molar-refractivity contribution in [1.82, 2.24) is 4.90 Å². The average Bonchev–Trinajstić information content (AvgIpc) is 2.37. The van der Waals surface area contributed by atoms with Crippen LogP contribution in [-0.2, 0) is 16.0 Å². The number of esters is 1. The Morgan fingerprint density at radius 3 is 2.88 bits per heavy atom. The van der Waals surface area contributed by atoms with E-state index in [4.69, 9.17) is 4.74 Å². The maximum atomic E-state index is 12.1. The summed E-state index contributed by atoms with van der Waals surface area (Å²) in [5.41, 5.74) is 2.38. The van der Waals surface area contributed by atoms with Crippen LogP contribution in [0.4, 0.5) is 0 Å². The number of carbonyl (C=O) groups is 1. The quantitative estimate of drug-likeness (QED) is 0.749. The van der Waals surface area contributed by atoms with Gasteiger partial charge in [0.25, 0.3) is 0 Å². The van der Waals surface area contributed by atoms with Crippen LogP contribution in [0.2, 0.25) is 0 Å². The van der Waals surface area contributed by atoms with Crippen molar-refractivity contribution in [1.29, 1.82) is 0 Å². The third-order valence-corrected chi connectivity index (χ3v) is 3.30. The summed E-state index contributed by atoms with van der Waals surface area (Å²) in [6.07, 6.45) is 1.01. The standard InChI is InChI=1S/C14H19NO2/c1-3-15-10-9-11-7-5-6-8-12(11)13(15)14(16)17-4-2/h5-8,13H,3-4,9-10H2,1-2H3. The zero-order chi connectivity index (χ0) is 12.3. The molecule has 0 spiro atoms. The fourth-order valence-corrected chi connectivity index (χ4v) is 2.46.